The summed E-state index contributed by atoms with van der Waals surface area (Å²) < 4.78 is 5.32. The molecule has 1 aromatic heterocycles. The first-order valence-corrected chi connectivity index (χ1v) is 4.32. The minimum absolute atomic E-state index is 0.0611. The van der Waals surface area contributed by atoms with E-state index in [1.54, 1.807) is 12.3 Å². The normalized spacial score (nSPS) is 12.8. The third-order valence-electron chi connectivity index (χ3n) is 1.67. The fourth-order valence-electron chi connectivity index (χ4n) is 1.02. The van der Waals surface area contributed by atoms with Gasteiger partial charge in [-0.3, -0.25) is 0 Å². The van der Waals surface area contributed by atoms with E-state index in [9.17, 15) is 0 Å². The van der Waals surface area contributed by atoms with Crippen LogP contribution in [0.1, 0.15) is 31.5 Å². The zero-order valence-electron chi connectivity index (χ0n) is 7.90. The minimum atomic E-state index is -0.114. The van der Waals surface area contributed by atoms with Gasteiger partial charge in [-0.1, -0.05) is 0 Å². The largest absolute Gasteiger partial charge is 0.390 e. The van der Waals surface area contributed by atoms with Crippen molar-refractivity contribution in [1.82, 2.24) is 9.97 Å². The van der Waals surface area contributed by atoms with Gasteiger partial charge in [0.25, 0.3) is 0 Å². The first-order chi connectivity index (χ1) is 6.27. The summed E-state index contributed by atoms with van der Waals surface area (Å²) in [5.74, 6) is 0.619. The monoisotopic (exact) mass is 182 g/mol. The van der Waals surface area contributed by atoms with E-state index in [0.717, 1.165) is 0 Å². The molecule has 0 radical (unpaired) electrons. The Morgan fingerprint density at radius 1 is 1.62 bits per heavy atom. The van der Waals surface area contributed by atoms with E-state index in [4.69, 9.17) is 9.84 Å². The Hall–Kier alpha value is -1.00. The van der Waals surface area contributed by atoms with E-state index in [1.165, 1.54) is 0 Å². The smallest absolute Gasteiger partial charge is 0.157 e. The molecule has 1 atom stereocenters. The lowest BCUT2D eigenvalue weighted by Gasteiger charge is -2.09. The van der Waals surface area contributed by atoms with Crippen molar-refractivity contribution in [3.8, 4) is 0 Å². The number of aliphatic hydroxyl groups is 1. The van der Waals surface area contributed by atoms with Crippen LogP contribution in [0.4, 0.5) is 0 Å². The average Bonchev–Trinajstić information content (AvgIpc) is 2.18. The molecule has 0 aromatic carbocycles. The van der Waals surface area contributed by atoms with Gasteiger partial charge < -0.3 is 9.84 Å². The number of rotatable bonds is 4. The molecule has 0 aliphatic rings. The van der Waals surface area contributed by atoms with Crippen molar-refractivity contribution in [3.05, 3.63) is 23.8 Å². The molecular weight excluding hydrogens is 168 g/mol. The molecule has 0 saturated heterocycles. The van der Waals surface area contributed by atoms with Gasteiger partial charge in [0.2, 0.25) is 0 Å². The van der Waals surface area contributed by atoms with Gasteiger partial charge in [-0.25, -0.2) is 9.97 Å². The third kappa shape index (κ3) is 2.75. The van der Waals surface area contributed by atoms with Crippen LogP contribution in [0, 0.1) is 0 Å². The Bertz CT molecular complexity index is 266. The number of nitrogens with zero attached hydrogens (tertiary/aromatic N) is 2. The summed E-state index contributed by atoms with van der Waals surface area (Å²) in [6.07, 6.45) is 1.51. The first kappa shape index (κ1) is 10.1. The van der Waals surface area contributed by atoms with E-state index >= 15 is 0 Å². The van der Waals surface area contributed by atoms with Crippen LogP contribution in [0.2, 0.25) is 0 Å². The predicted octanol–water partition coefficient (Wildman–Crippen LogP) is 1.07. The number of ether oxygens (including phenoxy) is 1. The molecule has 0 saturated carbocycles. The molecule has 0 aliphatic carbocycles. The second-order valence-corrected chi connectivity index (χ2v) is 2.66. The lowest BCUT2D eigenvalue weighted by molar-refractivity contribution is 0.0696. The van der Waals surface area contributed by atoms with Crippen molar-refractivity contribution in [2.24, 2.45) is 0 Å². The fourth-order valence-corrected chi connectivity index (χ4v) is 1.02. The standard InChI is InChI=1S/C9H14N2O2/c1-3-13-7(2)9-10-5-4-8(6-12)11-9/h4-5,7,12H,3,6H2,1-2H3. The van der Waals surface area contributed by atoms with Crippen molar-refractivity contribution in [1.29, 1.82) is 0 Å². The second-order valence-electron chi connectivity index (χ2n) is 2.66. The number of hydrogen-bond acceptors (Lipinski definition) is 4. The van der Waals surface area contributed by atoms with Crippen LogP contribution in [-0.4, -0.2) is 21.7 Å². The summed E-state index contributed by atoms with van der Waals surface area (Å²) >= 11 is 0. The molecule has 13 heavy (non-hydrogen) atoms. The van der Waals surface area contributed by atoms with Crippen LogP contribution < -0.4 is 0 Å². The van der Waals surface area contributed by atoms with Gasteiger partial charge in [-0.15, -0.1) is 0 Å². The molecule has 1 aromatic rings. The van der Waals surface area contributed by atoms with E-state index < -0.39 is 0 Å². The minimum Gasteiger partial charge on any atom is -0.390 e. The quantitative estimate of drug-likeness (QED) is 0.756. The van der Waals surface area contributed by atoms with Crippen LogP contribution >= 0.6 is 0 Å². The summed E-state index contributed by atoms with van der Waals surface area (Å²) in [6, 6.07) is 1.68. The van der Waals surface area contributed by atoms with Crippen LogP contribution in [0.25, 0.3) is 0 Å². The number of aromatic nitrogens is 2. The molecule has 1 heterocycles. The highest BCUT2D eigenvalue weighted by atomic mass is 16.5. The van der Waals surface area contributed by atoms with Crippen LogP contribution in [0.5, 0.6) is 0 Å². The Kier molecular flexibility index (Phi) is 3.79. The van der Waals surface area contributed by atoms with Gasteiger partial charge in [0, 0.05) is 12.8 Å². The van der Waals surface area contributed by atoms with Gasteiger partial charge in [0.05, 0.1) is 12.3 Å². The highest BCUT2D eigenvalue weighted by molar-refractivity contribution is 5.02. The molecule has 72 valence electrons. The molecule has 1 rings (SSSR count). The highest BCUT2D eigenvalue weighted by Gasteiger charge is 2.07. The number of hydrogen-bond donors (Lipinski definition) is 1. The van der Waals surface area contributed by atoms with Crippen molar-refractivity contribution in [2.45, 2.75) is 26.6 Å². The Morgan fingerprint density at radius 3 is 3.00 bits per heavy atom. The SMILES string of the molecule is CCOC(C)c1nccc(CO)n1. The van der Waals surface area contributed by atoms with Crippen molar-refractivity contribution >= 4 is 0 Å². The molecule has 4 nitrogen and oxygen atoms in total. The summed E-state index contributed by atoms with van der Waals surface area (Å²) in [6.45, 7) is 4.38. The summed E-state index contributed by atoms with van der Waals surface area (Å²) in [4.78, 5) is 8.18. The summed E-state index contributed by atoms with van der Waals surface area (Å²) in [7, 11) is 0. The second kappa shape index (κ2) is 4.89. The van der Waals surface area contributed by atoms with Gasteiger partial charge >= 0.3 is 0 Å². The fraction of sp³-hybridized carbons (Fsp3) is 0.556. The molecule has 1 N–H and O–H groups in total. The Morgan fingerprint density at radius 2 is 2.38 bits per heavy atom. The van der Waals surface area contributed by atoms with E-state index in [1.807, 2.05) is 13.8 Å². The van der Waals surface area contributed by atoms with Crippen molar-refractivity contribution < 1.29 is 9.84 Å². The van der Waals surface area contributed by atoms with Crippen molar-refractivity contribution in [2.75, 3.05) is 6.61 Å². The molecule has 0 aliphatic heterocycles. The molecular formula is C9H14N2O2. The Balaban J connectivity index is 2.75. The summed E-state index contributed by atoms with van der Waals surface area (Å²) in [5, 5.41) is 8.84. The maximum absolute atomic E-state index is 8.84. The van der Waals surface area contributed by atoms with Crippen LogP contribution in [0.15, 0.2) is 12.3 Å². The molecule has 0 spiro atoms. The lowest BCUT2D eigenvalue weighted by atomic mass is 10.3. The predicted molar refractivity (Wildman–Crippen MR) is 48.0 cm³/mol. The van der Waals surface area contributed by atoms with E-state index in [2.05, 4.69) is 9.97 Å². The molecule has 1 unspecified atom stereocenters. The van der Waals surface area contributed by atoms with Crippen LogP contribution in [-0.2, 0) is 11.3 Å². The molecule has 0 amide bonds. The topological polar surface area (TPSA) is 55.2 Å². The third-order valence-corrected chi connectivity index (χ3v) is 1.67. The van der Waals surface area contributed by atoms with E-state index in [0.29, 0.717) is 18.1 Å². The summed E-state index contributed by atoms with van der Waals surface area (Å²) in [5.41, 5.74) is 0.622. The van der Waals surface area contributed by atoms with Gasteiger partial charge in [-0.05, 0) is 19.9 Å². The van der Waals surface area contributed by atoms with Crippen molar-refractivity contribution in [3.63, 3.8) is 0 Å². The Labute approximate surface area is 77.6 Å². The lowest BCUT2D eigenvalue weighted by Crippen LogP contribution is -2.06. The molecule has 0 bridgehead atoms. The molecule has 0 fully saturated rings. The molecule has 4 heteroatoms. The van der Waals surface area contributed by atoms with Gasteiger partial charge in [0.1, 0.15) is 6.10 Å². The highest BCUT2D eigenvalue weighted by Crippen LogP contribution is 2.11. The zero-order valence-corrected chi connectivity index (χ0v) is 7.90. The van der Waals surface area contributed by atoms with E-state index in [-0.39, 0.29) is 12.7 Å². The zero-order chi connectivity index (χ0) is 9.68. The average molecular weight is 182 g/mol. The van der Waals surface area contributed by atoms with Gasteiger partial charge in [-0.2, -0.15) is 0 Å². The van der Waals surface area contributed by atoms with Gasteiger partial charge in [0.15, 0.2) is 5.82 Å². The maximum Gasteiger partial charge on any atom is 0.157 e. The maximum atomic E-state index is 8.84. The van der Waals surface area contributed by atoms with Crippen LogP contribution in [0.3, 0.4) is 0 Å². The first-order valence-electron chi connectivity index (χ1n) is 4.32. The number of aliphatic hydroxyl groups excluding tert-OH is 1.